The molecule has 0 aromatic heterocycles. The molecule has 5 fully saturated rings. The normalized spacial score (nSPS) is 23.2. The molecule has 3 aliphatic heterocycles. The summed E-state index contributed by atoms with van der Waals surface area (Å²) in [6.45, 7) is 16.4. The number of unbranched alkanes of at least 4 members (excludes halogenated alkanes) is 2. The lowest BCUT2D eigenvalue weighted by atomic mass is 9.33. The maximum atomic E-state index is 13.7. The molecule has 3 heterocycles. The topological polar surface area (TPSA) is 181 Å². The van der Waals surface area contributed by atoms with Crippen LogP contribution < -0.4 is 25.6 Å². The number of benzene rings is 4. The number of allylic oxidation sites excluding steroid dienone is 1. The van der Waals surface area contributed by atoms with Gasteiger partial charge in [0.25, 0.3) is 27.7 Å². The Morgan fingerprint density at radius 2 is 1.58 bits per heavy atom. The Morgan fingerprint density at radius 1 is 0.835 bits per heavy atom. The van der Waals surface area contributed by atoms with Crippen LogP contribution in [0.4, 0.5) is 17.1 Å². The zero-order chi connectivity index (χ0) is 55.7. The molecule has 5 amide bonds. The van der Waals surface area contributed by atoms with Crippen LogP contribution in [0.2, 0.25) is 0 Å². The largest absolute Gasteiger partial charge is 0.384 e. The van der Waals surface area contributed by atoms with E-state index < -0.39 is 45.6 Å². The van der Waals surface area contributed by atoms with E-state index in [1.54, 1.807) is 71.4 Å². The molecule has 2 atom stereocenters. The van der Waals surface area contributed by atoms with Crippen LogP contribution in [0, 0.1) is 23.2 Å². The average Bonchev–Trinajstić information content (AvgIpc) is 3.72. The van der Waals surface area contributed by atoms with Gasteiger partial charge in [-0.15, -0.1) is 11.8 Å². The van der Waals surface area contributed by atoms with E-state index in [-0.39, 0.29) is 40.5 Å². The number of hydrogen-bond acceptors (Lipinski definition) is 13. The predicted molar refractivity (Wildman–Crippen MR) is 312 cm³/mol. The highest BCUT2D eigenvalue weighted by Gasteiger charge is 2.67. The van der Waals surface area contributed by atoms with Crippen LogP contribution in [0.5, 0.6) is 0 Å². The van der Waals surface area contributed by atoms with Gasteiger partial charge in [0.05, 0.1) is 16.0 Å². The number of carbonyl (C=O) groups is 5. The minimum Gasteiger partial charge on any atom is -0.384 e. The van der Waals surface area contributed by atoms with Gasteiger partial charge in [-0.25, -0.2) is 13.1 Å². The molecule has 4 aromatic carbocycles. The van der Waals surface area contributed by atoms with Gasteiger partial charge in [0.2, 0.25) is 11.8 Å². The molecule has 420 valence electrons. The molecule has 79 heavy (non-hydrogen) atoms. The summed E-state index contributed by atoms with van der Waals surface area (Å²) in [5, 5.41) is 9.29. The van der Waals surface area contributed by atoms with Crippen LogP contribution >= 0.6 is 11.8 Å². The Bertz CT molecular complexity index is 3100. The van der Waals surface area contributed by atoms with Crippen molar-refractivity contribution in [3.8, 4) is 0 Å². The summed E-state index contributed by atoms with van der Waals surface area (Å²) in [7, 11) is -2.05. The van der Waals surface area contributed by atoms with Gasteiger partial charge in [-0.1, -0.05) is 62.6 Å². The molecule has 2 bridgehead atoms. The number of nitrogens with zero attached hydrogens (tertiary/aromatic N) is 4. The van der Waals surface area contributed by atoms with Gasteiger partial charge in [0.1, 0.15) is 6.04 Å². The third-order valence-electron chi connectivity index (χ3n) is 17.6. The van der Waals surface area contributed by atoms with Gasteiger partial charge in [0.15, 0.2) is 0 Å². The Balaban J connectivity index is 0.678. The molecule has 0 spiro atoms. The number of piperazine rings is 1. The zero-order valence-electron chi connectivity index (χ0n) is 46.6. The molecular weight excluding hydrogens is 1030 g/mol. The first kappa shape index (κ1) is 56.3. The van der Waals surface area contributed by atoms with Crippen LogP contribution in [-0.4, -0.2) is 130 Å². The van der Waals surface area contributed by atoms with Crippen molar-refractivity contribution in [1.82, 2.24) is 24.7 Å². The standard InChI is InChI=1S/C62H78N8O7S2/c1-42-35-48(79(76,77)66-56(72)43-17-19-46(20-18-43)69-33-31-68(32-34-69)37-44-25-27-60(2,3)36-50(44)62-39-61(4,40-62)41-62)21-22-51(42)64-45(38-78-47-13-8-6-9-14-47)26-30-67(5)29-11-7-10-28-63-52-16-12-15-49-55(52)59(75)70(58(49)74)53-23-24-54(71)65-57(53)73/h6,8-9,12-22,35,45,53,63-64H,7,10-11,23-34,36-41H2,1-5H3,(H,66,72)(H,65,71,73)/t45-,53?,61?,62?/m1/s1. The Kier molecular flexibility index (Phi) is 16.5. The van der Waals surface area contributed by atoms with Crippen molar-refractivity contribution in [2.45, 2.75) is 127 Å². The van der Waals surface area contributed by atoms with Crippen LogP contribution in [0.15, 0.2) is 112 Å². The molecule has 0 radical (unpaired) electrons. The summed E-state index contributed by atoms with van der Waals surface area (Å²) in [6.07, 6.45) is 11.6. The van der Waals surface area contributed by atoms with Crippen LogP contribution in [0.25, 0.3) is 0 Å². The van der Waals surface area contributed by atoms with E-state index in [0.717, 1.165) is 104 Å². The minimum absolute atomic E-state index is 0.0227. The summed E-state index contributed by atoms with van der Waals surface area (Å²) in [4.78, 5) is 73.9. The van der Waals surface area contributed by atoms with E-state index in [4.69, 9.17) is 0 Å². The fourth-order valence-electron chi connectivity index (χ4n) is 13.3. The molecule has 17 heteroatoms. The van der Waals surface area contributed by atoms with Crippen molar-refractivity contribution in [1.29, 1.82) is 0 Å². The molecule has 3 saturated carbocycles. The Hall–Kier alpha value is -6.01. The first-order valence-electron chi connectivity index (χ1n) is 28.5. The number of rotatable bonds is 23. The number of anilines is 3. The summed E-state index contributed by atoms with van der Waals surface area (Å²) < 4.78 is 29.7. The Labute approximate surface area is 471 Å². The monoisotopic (exact) mass is 1110 g/mol. The van der Waals surface area contributed by atoms with E-state index in [0.29, 0.717) is 28.5 Å². The van der Waals surface area contributed by atoms with Gasteiger partial charge in [-0.3, -0.25) is 39.1 Å². The van der Waals surface area contributed by atoms with E-state index in [1.165, 1.54) is 38.5 Å². The van der Waals surface area contributed by atoms with Crippen molar-refractivity contribution in [3.63, 3.8) is 0 Å². The van der Waals surface area contributed by atoms with Gasteiger partial charge in [-0.05, 0) is 180 Å². The number of hydrogen-bond donors (Lipinski definition) is 4. The summed E-state index contributed by atoms with van der Waals surface area (Å²) in [5.74, 6) is -1.97. The van der Waals surface area contributed by atoms with Gasteiger partial charge < -0.3 is 20.4 Å². The first-order chi connectivity index (χ1) is 37.8. The van der Waals surface area contributed by atoms with E-state index in [2.05, 4.69) is 75.3 Å². The summed E-state index contributed by atoms with van der Waals surface area (Å²) in [5.41, 5.74) is 8.98. The fourth-order valence-corrected chi connectivity index (χ4v) is 15.4. The average molecular weight is 1110 g/mol. The Morgan fingerprint density at radius 3 is 2.29 bits per heavy atom. The number of carbonyl (C=O) groups excluding carboxylic acids is 5. The van der Waals surface area contributed by atoms with E-state index in [1.807, 2.05) is 37.3 Å². The number of nitrogens with one attached hydrogen (secondary N) is 4. The third-order valence-corrected chi connectivity index (χ3v) is 20.1. The van der Waals surface area contributed by atoms with E-state index in [9.17, 15) is 32.4 Å². The second kappa shape index (κ2) is 23.2. The highest BCUT2D eigenvalue weighted by atomic mass is 32.2. The third kappa shape index (κ3) is 12.6. The van der Waals surface area contributed by atoms with Crippen molar-refractivity contribution in [2.75, 3.05) is 80.7 Å². The first-order valence-corrected chi connectivity index (χ1v) is 30.9. The number of piperidine rings is 1. The second-order valence-electron chi connectivity index (χ2n) is 24.5. The number of thioether (sulfide) groups is 1. The zero-order valence-corrected chi connectivity index (χ0v) is 48.3. The molecule has 4 N–H and O–H groups in total. The summed E-state index contributed by atoms with van der Waals surface area (Å²) in [6, 6.07) is 26.6. The number of fused-ring (bicyclic) bond motifs is 1. The SMILES string of the molecule is Cc1cc(S(=O)(=O)NC(=O)c2ccc(N3CCN(CC4=C(C56CC(C)(C5)C6)CC(C)(C)CC4)CC3)cc2)ccc1N[C@H](CCN(C)CCCCCNc1cccc2c1C(=O)N(C1CCC(=O)NC1=O)C2=O)CSc1ccccc1. The smallest absolute Gasteiger partial charge is 0.264 e. The fraction of sp³-hybridized carbons (Fsp3) is 0.500. The number of amides is 5. The quantitative estimate of drug-likeness (QED) is 0.0239. The lowest BCUT2D eigenvalue weighted by Crippen LogP contribution is -2.61. The number of imide groups is 2. The minimum atomic E-state index is -4.17. The number of aryl methyl sites for hydroxylation is 1. The molecule has 4 aromatic rings. The highest BCUT2D eigenvalue weighted by molar-refractivity contribution is 7.99. The van der Waals surface area contributed by atoms with Crippen LogP contribution in [0.3, 0.4) is 0 Å². The van der Waals surface area contributed by atoms with Gasteiger partial charge in [-0.2, -0.15) is 0 Å². The molecule has 15 nitrogen and oxygen atoms in total. The molecule has 4 aliphatic carbocycles. The van der Waals surface area contributed by atoms with Crippen LogP contribution in [0.1, 0.15) is 134 Å². The molecule has 2 saturated heterocycles. The highest BCUT2D eigenvalue weighted by Crippen LogP contribution is 2.77. The van der Waals surface area contributed by atoms with Crippen molar-refractivity contribution in [2.24, 2.45) is 16.2 Å². The van der Waals surface area contributed by atoms with Gasteiger partial charge >= 0.3 is 0 Å². The molecule has 11 rings (SSSR count). The lowest BCUT2D eigenvalue weighted by Gasteiger charge is -2.72. The summed E-state index contributed by atoms with van der Waals surface area (Å²) >= 11 is 1.77. The maximum absolute atomic E-state index is 13.7. The number of sulfonamides is 1. The molecule has 1 unspecified atom stereocenters. The van der Waals surface area contributed by atoms with Crippen molar-refractivity contribution in [3.05, 3.63) is 124 Å². The molecule has 7 aliphatic rings. The predicted octanol–water partition coefficient (Wildman–Crippen LogP) is 9.51. The molecular formula is C62H78N8O7S2. The second-order valence-corrected chi connectivity index (χ2v) is 27.3. The van der Waals surface area contributed by atoms with Crippen LogP contribution in [-0.2, 0) is 19.6 Å². The van der Waals surface area contributed by atoms with E-state index >= 15 is 0 Å². The lowest BCUT2D eigenvalue weighted by molar-refractivity contribution is -0.167. The van der Waals surface area contributed by atoms with Gasteiger partial charge in [0, 0.05) is 85.0 Å². The van der Waals surface area contributed by atoms with Crippen molar-refractivity contribution < 1.29 is 32.4 Å². The van der Waals surface area contributed by atoms with Crippen molar-refractivity contribution >= 4 is 68.4 Å². The maximum Gasteiger partial charge on any atom is 0.264 e.